The summed E-state index contributed by atoms with van der Waals surface area (Å²) < 4.78 is 36.9. The van der Waals surface area contributed by atoms with E-state index in [4.69, 9.17) is 4.80 Å². The first-order valence-corrected chi connectivity index (χ1v) is 5.15. The van der Waals surface area contributed by atoms with E-state index in [-0.39, 0.29) is 0 Å². The summed E-state index contributed by atoms with van der Waals surface area (Å²) >= 11 is -1.65. The summed E-state index contributed by atoms with van der Waals surface area (Å²) in [6.45, 7) is 0. The molecule has 0 rings (SSSR count). The van der Waals surface area contributed by atoms with Crippen LogP contribution < -0.4 is 0 Å². The van der Waals surface area contributed by atoms with Gasteiger partial charge in [0.05, 0.1) is 0 Å². The minimum absolute atomic E-state index is 1.65. The second-order valence-corrected chi connectivity index (χ2v) is 3.82. The Morgan fingerprint density at radius 1 is 1.44 bits per heavy atom. The molecule has 48 valence electrons. The van der Waals surface area contributed by atoms with E-state index in [1.54, 1.807) is 0 Å². The standard InChI is InChI=1S/Al.HO5Si2.O/c;1-6(2)5-7(3)4;/h;1H;/q+1;-1;. The molecule has 0 fully saturated rings. The number of hydrogen-bond acceptors (Lipinski definition) is 5. The predicted molar refractivity (Wildman–Crippen MR) is 23.7 cm³/mol. The van der Waals surface area contributed by atoms with Crippen molar-refractivity contribution in [2.75, 3.05) is 0 Å². The summed E-state index contributed by atoms with van der Waals surface area (Å²) in [7, 11) is -6.21. The van der Waals surface area contributed by atoms with Crippen molar-refractivity contribution < 1.29 is 25.1 Å². The van der Waals surface area contributed by atoms with Crippen molar-refractivity contribution in [2.24, 2.45) is 0 Å². The Morgan fingerprint density at radius 2 is 2.00 bits per heavy atom. The summed E-state index contributed by atoms with van der Waals surface area (Å²) in [4.78, 5) is 7.93. The van der Waals surface area contributed by atoms with E-state index in [1.165, 1.54) is 0 Å². The van der Waals surface area contributed by atoms with Gasteiger partial charge in [-0.05, 0) is 0 Å². The zero-order valence-electron chi connectivity index (χ0n) is 4.07. The van der Waals surface area contributed by atoms with E-state index in [0.717, 1.165) is 0 Å². The van der Waals surface area contributed by atoms with Crippen molar-refractivity contribution in [1.29, 1.82) is 0 Å². The fourth-order valence-electron chi connectivity index (χ4n) is 0.135. The Hall–Kier alpha value is -0.234. The van der Waals surface area contributed by atoms with E-state index < -0.39 is 33.8 Å². The summed E-state index contributed by atoms with van der Waals surface area (Å²) in [5.41, 5.74) is 0. The SMILES string of the molecule is [O]=[Al][O][Si](=O)O[Si](=O)O. The Morgan fingerprint density at radius 3 is 2.33 bits per heavy atom. The van der Waals surface area contributed by atoms with Gasteiger partial charge in [-0.1, -0.05) is 0 Å². The van der Waals surface area contributed by atoms with Crippen LogP contribution in [0.3, 0.4) is 0 Å². The van der Waals surface area contributed by atoms with Crippen molar-refractivity contribution in [3.05, 3.63) is 0 Å². The zero-order chi connectivity index (χ0) is 7.28. The third kappa shape index (κ3) is 5.64. The van der Waals surface area contributed by atoms with Gasteiger partial charge in [0.25, 0.3) is 0 Å². The van der Waals surface area contributed by atoms with Gasteiger partial charge in [-0.15, -0.1) is 0 Å². The topological polar surface area (TPSA) is 89.9 Å². The van der Waals surface area contributed by atoms with Crippen molar-refractivity contribution in [2.45, 2.75) is 0 Å². The van der Waals surface area contributed by atoms with Crippen LogP contribution in [0.1, 0.15) is 0 Å². The summed E-state index contributed by atoms with van der Waals surface area (Å²) in [6.07, 6.45) is 0. The van der Waals surface area contributed by atoms with Crippen LogP contribution in [-0.4, -0.2) is 38.6 Å². The molecule has 0 aromatic heterocycles. The van der Waals surface area contributed by atoms with E-state index >= 15 is 0 Å². The molecule has 0 aliphatic rings. The van der Waals surface area contributed by atoms with Gasteiger partial charge in [0.2, 0.25) is 0 Å². The molecule has 0 aliphatic carbocycles. The van der Waals surface area contributed by atoms with Gasteiger partial charge in [0.1, 0.15) is 0 Å². The van der Waals surface area contributed by atoms with Crippen LogP contribution in [0.2, 0.25) is 0 Å². The maximum absolute atomic E-state index is 10.1. The van der Waals surface area contributed by atoms with Crippen LogP contribution in [-0.2, 0) is 20.3 Å². The van der Waals surface area contributed by atoms with Gasteiger partial charge >= 0.3 is 58.9 Å². The average molecular weight is 180 g/mol. The van der Waals surface area contributed by atoms with E-state index in [2.05, 4.69) is 7.59 Å². The van der Waals surface area contributed by atoms with Crippen LogP contribution in [0.5, 0.6) is 0 Å². The fourth-order valence-corrected chi connectivity index (χ4v) is 1.64. The van der Waals surface area contributed by atoms with E-state index in [9.17, 15) is 12.7 Å². The van der Waals surface area contributed by atoms with Crippen LogP contribution in [0.25, 0.3) is 0 Å². The van der Waals surface area contributed by atoms with Crippen molar-refractivity contribution >= 4 is 33.8 Å². The molecule has 0 bridgehead atoms. The monoisotopic (exact) mass is 180 g/mol. The van der Waals surface area contributed by atoms with Gasteiger partial charge in [0, 0.05) is 0 Å². The Kier molecular flexibility index (Phi) is 4.51. The number of hydrogen-bond donors (Lipinski definition) is 1. The van der Waals surface area contributed by atoms with Gasteiger partial charge in [-0.3, -0.25) is 0 Å². The predicted octanol–water partition coefficient (Wildman–Crippen LogP) is -2.19. The molecular formula is HAlO6Si2. The van der Waals surface area contributed by atoms with E-state index in [0.29, 0.717) is 0 Å². The molecule has 0 heterocycles. The molecule has 1 N–H and O–H groups in total. The molecule has 0 atom stereocenters. The Labute approximate surface area is 59.5 Å². The minimum atomic E-state index is -3.22. The second-order valence-electron chi connectivity index (χ2n) is 0.832. The molecule has 0 amide bonds. The molecule has 0 aromatic rings. The molecule has 9 heavy (non-hydrogen) atoms. The first-order chi connectivity index (χ1) is 4.16. The fraction of sp³-hybridized carbons (Fsp3) is 0. The van der Waals surface area contributed by atoms with Crippen LogP contribution in [0.4, 0.5) is 0 Å². The Balaban J connectivity index is 3.50. The van der Waals surface area contributed by atoms with Crippen molar-refractivity contribution in [3.63, 3.8) is 0 Å². The third-order valence-corrected chi connectivity index (χ3v) is 2.83. The third-order valence-electron chi connectivity index (χ3n) is 0.315. The molecule has 0 aromatic carbocycles. The molecule has 0 saturated heterocycles. The molecular weight excluding hydrogens is 179 g/mol. The number of rotatable bonds is 4. The average Bonchev–Trinajstić information content (AvgIpc) is 1.63. The zero-order valence-corrected chi connectivity index (χ0v) is 7.22. The van der Waals surface area contributed by atoms with Crippen molar-refractivity contribution in [3.8, 4) is 0 Å². The molecule has 9 heteroatoms. The quantitative estimate of drug-likeness (QED) is 0.494. The molecule has 6 nitrogen and oxygen atoms in total. The molecule has 0 saturated carbocycles. The van der Waals surface area contributed by atoms with E-state index in [1.807, 2.05) is 0 Å². The van der Waals surface area contributed by atoms with Crippen molar-refractivity contribution in [1.82, 2.24) is 0 Å². The Bertz CT molecular complexity index is 140. The van der Waals surface area contributed by atoms with Gasteiger partial charge in [-0.2, -0.15) is 0 Å². The second kappa shape index (κ2) is 4.63. The normalized spacial score (nSPS) is 7.11. The van der Waals surface area contributed by atoms with Gasteiger partial charge < -0.3 is 0 Å². The molecule has 0 aliphatic heterocycles. The first-order valence-electron chi connectivity index (χ1n) is 1.72. The summed E-state index contributed by atoms with van der Waals surface area (Å²) in [5.74, 6) is 0. The molecule has 0 unspecified atom stereocenters. The van der Waals surface area contributed by atoms with Gasteiger partial charge in [0.15, 0.2) is 0 Å². The summed E-state index contributed by atoms with van der Waals surface area (Å²) in [5, 5.41) is 0. The van der Waals surface area contributed by atoms with Crippen LogP contribution in [0, 0.1) is 0 Å². The summed E-state index contributed by atoms with van der Waals surface area (Å²) in [6, 6.07) is 0. The van der Waals surface area contributed by atoms with Gasteiger partial charge in [-0.25, -0.2) is 0 Å². The molecule has 0 spiro atoms. The van der Waals surface area contributed by atoms with Crippen LogP contribution in [0.15, 0.2) is 0 Å². The van der Waals surface area contributed by atoms with Crippen LogP contribution >= 0.6 is 0 Å². The first kappa shape index (κ1) is 8.77. The molecule has 0 radical (unpaired) electrons. The maximum atomic E-state index is 10.1.